The highest BCUT2D eigenvalue weighted by molar-refractivity contribution is 5.97. The van der Waals surface area contributed by atoms with Crippen LogP contribution in [0.4, 0.5) is 0 Å². The normalized spacial score (nSPS) is 15.9. The Morgan fingerprint density at radius 2 is 1.97 bits per heavy atom. The molecule has 0 bridgehead atoms. The average Bonchev–Trinajstić information content (AvgIpc) is 3.18. The molecule has 0 N–H and O–H groups in total. The number of nitrogens with zero attached hydrogens (tertiary/aromatic N) is 5. The third-order valence-corrected chi connectivity index (χ3v) is 5.03. The van der Waals surface area contributed by atoms with Gasteiger partial charge in [-0.2, -0.15) is 0 Å². The number of rotatable bonds is 3. The molecule has 1 aliphatic rings. The lowest BCUT2D eigenvalue weighted by Gasteiger charge is -2.28. The maximum absolute atomic E-state index is 12.6. The molecular formula is C22H17N5O2. The fraction of sp³-hybridized carbons (Fsp3) is 0.136. The van der Waals surface area contributed by atoms with Gasteiger partial charge in [0, 0.05) is 29.4 Å². The predicted molar refractivity (Wildman–Crippen MR) is 106 cm³/mol. The maximum atomic E-state index is 12.6. The molecule has 1 unspecified atom stereocenters. The summed E-state index contributed by atoms with van der Waals surface area (Å²) in [7, 11) is 0. The molecule has 1 atom stereocenters. The lowest BCUT2D eigenvalue weighted by atomic mass is 9.82. The number of allylic oxidation sites excluding steroid dienone is 2. The van der Waals surface area contributed by atoms with Crippen LogP contribution < -0.4 is 4.74 Å². The molecule has 1 aromatic carbocycles. The zero-order valence-electron chi connectivity index (χ0n) is 15.9. The number of hydrogen-bond donors (Lipinski definition) is 0. The molecule has 4 heterocycles. The Morgan fingerprint density at radius 3 is 2.69 bits per heavy atom. The lowest BCUT2D eigenvalue weighted by molar-refractivity contribution is -0.114. The van der Waals surface area contributed by atoms with Crippen molar-refractivity contribution >= 4 is 11.4 Å². The van der Waals surface area contributed by atoms with Gasteiger partial charge in [-0.25, -0.2) is 14.5 Å². The van der Waals surface area contributed by atoms with Crippen molar-refractivity contribution < 1.29 is 9.53 Å². The van der Waals surface area contributed by atoms with Crippen LogP contribution in [0.5, 0.6) is 5.88 Å². The van der Waals surface area contributed by atoms with Crippen molar-refractivity contribution in [1.82, 2.24) is 24.6 Å². The van der Waals surface area contributed by atoms with E-state index in [0.29, 0.717) is 28.7 Å². The van der Waals surface area contributed by atoms with Crippen molar-refractivity contribution in [3.8, 4) is 17.3 Å². The summed E-state index contributed by atoms with van der Waals surface area (Å²) in [5.41, 5.74) is 3.72. The highest BCUT2D eigenvalue weighted by atomic mass is 16.5. The van der Waals surface area contributed by atoms with Gasteiger partial charge in [0.05, 0.1) is 5.56 Å². The number of Topliss-reactive ketones (excluding diaryl/α,β-unsaturated/α-hetero) is 1. The molecule has 0 fully saturated rings. The summed E-state index contributed by atoms with van der Waals surface area (Å²) >= 11 is 0. The van der Waals surface area contributed by atoms with E-state index in [-0.39, 0.29) is 11.7 Å². The highest BCUT2D eigenvalue weighted by Crippen LogP contribution is 2.44. The second kappa shape index (κ2) is 6.63. The van der Waals surface area contributed by atoms with E-state index in [9.17, 15) is 4.79 Å². The number of pyridine rings is 1. The van der Waals surface area contributed by atoms with Crippen molar-refractivity contribution in [1.29, 1.82) is 0 Å². The summed E-state index contributed by atoms with van der Waals surface area (Å²) in [6, 6.07) is 13.6. The van der Waals surface area contributed by atoms with Gasteiger partial charge in [-0.1, -0.05) is 30.3 Å². The van der Waals surface area contributed by atoms with Crippen LogP contribution in [-0.4, -0.2) is 30.3 Å². The minimum absolute atomic E-state index is 0.0454. The molecule has 0 saturated carbocycles. The molecule has 0 aliphatic carbocycles. The maximum Gasteiger partial charge on any atom is 0.228 e. The fourth-order valence-electron chi connectivity index (χ4n) is 3.79. The zero-order valence-corrected chi connectivity index (χ0v) is 15.9. The van der Waals surface area contributed by atoms with Gasteiger partial charge in [-0.05, 0) is 31.5 Å². The topological polar surface area (TPSA) is 82.3 Å². The van der Waals surface area contributed by atoms with Crippen LogP contribution in [0.3, 0.4) is 0 Å². The molecule has 0 saturated heterocycles. The van der Waals surface area contributed by atoms with Crippen LogP contribution in [0, 0.1) is 0 Å². The zero-order chi connectivity index (χ0) is 20.0. The number of carbonyl (C=O) groups excluding carboxylic acids is 1. The Hall–Kier alpha value is -3.87. The Bertz CT molecular complexity index is 1260. The molecule has 142 valence electrons. The first-order chi connectivity index (χ1) is 14.1. The monoisotopic (exact) mass is 383 g/mol. The molecule has 0 amide bonds. The van der Waals surface area contributed by atoms with Gasteiger partial charge in [0.15, 0.2) is 17.3 Å². The summed E-state index contributed by atoms with van der Waals surface area (Å²) in [5, 5.41) is 4.55. The highest BCUT2D eigenvalue weighted by Gasteiger charge is 2.35. The SMILES string of the molecule is CC(=O)C1=C(C)Oc2ncn3nc(-c4cccnc4)nc3c2C1c1ccccc1. The Balaban J connectivity index is 1.79. The summed E-state index contributed by atoms with van der Waals surface area (Å²) in [5.74, 6) is 1.16. The predicted octanol–water partition coefficient (Wildman–Crippen LogP) is 3.57. The molecule has 0 spiro atoms. The first-order valence-corrected chi connectivity index (χ1v) is 9.23. The smallest absolute Gasteiger partial charge is 0.228 e. The fourth-order valence-corrected chi connectivity index (χ4v) is 3.79. The quantitative estimate of drug-likeness (QED) is 0.538. The van der Waals surface area contributed by atoms with Crippen LogP contribution in [0.1, 0.15) is 30.9 Å². The Labute approximate surface area is 166 Å². The van der Waals surface area contributed by atoms with E-state index < -0.39 is 0 Å². The number of ketones is 1. The average molecular weight is 383 g/mol. The second-order valence-corrected chi connectivity index (χ2v) is 6.88. The van der Waals surface area contributed by atoms with Crippen molar-refractivity contribution in [3.63, 3.8) is 0 Å². The van der Waals surface area contributed by atoms with E-state index in [4.69, 9.17) is 9.72 Å². The summed E-state index contributed by atoms with van der Waals surface area (Å²) in [6.07, 6.45) is 4.99. The lowest BCUT2D eigenvalue weighted by Crippen LogP contribution is -2.22. The first-order valence-electron chi connectivity index (χ1n) is 9.23. The Morgan fingerprint density at radius 1 is 1.14 bits per heavy atom. The van der Waals surface area contributed by atoms with E-state index in [0.717, 1.165) is 16.7 Å². The summed E-state index contributed by atoms with van der Waals surface area (Å²) in [4.78, 5) is 25.9. The van der Waals surface area contributed by atoms with Crippen molar-refractivity contribution in [2.24, 2.45) is 0 Å². The van der Waals surface area contributed by atoms with Crippen LogP contribution >= 0.6 is 0 Å². The summed E-state index contributed by atoms with van der Waals surface area (Å²) < 4.78 is 7.56. The third-order valence-electron chi connectivity index (χ3n) is 5.03. The van der Waals surface area contributed by atoms with Gasteiger partial charge < -0.3 is 4.74 Å². The van der Waals surface area contributed by atoms with Gasteiger partial charge in [-0.15, -0.1) is 5.10 Å². The van der Waals surface area contributed by atoms with E-state index >= 15 is 0 Å². The van der Waals surface area contributed by atoms with E-state index in [1.54, 1.807) is 37.1 Å². The molecule has 0 radical (unpaired) electrons. The molecule has 29 heavy (non-hydrogen) atoms. The van der Waals surface area contributed by atoms with Gasteiger partial charge >= 0.3 is 0 Å². The number of fused-ring (bicyclic) bond motifs is 3. The van der Waals surface area contributed by atoms with Gasteiger partial charge in [-0.3, -0.25) is 9.78 Å². The van der Waals surface area contributed by atoms with Crippen molar-refractivity contribution in [2.45, 2.75) is 19.8 Å². The van der Waals surface area contributed by atoms with E-state index in [1.165, 1.54) is 0 Å². The molecule has 7 heteroatoms. The number of ether oxygens (including phenoxy) is 1. The molecule has 4 aromatic rings. The minimum atomic E-state index is -0.334. The van der Waals surface area contributed by atoms with Crippen LogP contribution in [0.15, 0.2) is 72.5 Å². The summed E-state index contributed by atoms with van der Waals surface area (Å²) in [6.45, 7) is 3.36. The van der Waals surface area contributed by atoms with Crippen molar-refractivity contribution in [3.05, 3.63) is 83.6 Å². The molecule has 7 nitrogen and oxygen atoms in total. The number of aromatic nitrogens is 5. The minimum Gasteiger partial charge on any atom is -0.443 e. The number of hydrogen-bond acceptors (Lipinski definition) is 6. The molecule has 1 aliphatic heterocycles. The van der Waals surface area contributed by atoms with Crippen molar-refractivity contribution in [2.75, 3.05) is 0 Å². The largest absolute Gasteiger partial charge is 0.443 e. The van der Waals surface area contributed by atoms with E-state index in [1.807, 2.05) is 42.5 Å². The van der Waals surface area contributed by atoms with Gasteiger partial charge in [0.1, 0.15) is 12.1 Å². The molecule has 5 rings (SSSR count). The van der Waals surface area contributed by atoms with Gasteiger partial charge in [0.2, 0.25) is 5.88 Å². The molecular weight excluding hydrogens is 366 g/mol. The Kier molecular flexibility index (Phi) is 3.94. The third kappa shape index (κ3) is 2.79. The van der Waals surface area contributed by atoms with E-state index in [2.05, 4.69) is 15.1 Å². The van der Waals surface area contributed by atoms with Crippen LogP contribution in [0.25, 0.3) is 17.0 Å². The second-order valence-electron chi connectivity index (χ2n) is 6.88. The van der Waals surface area contributed by atoms with Crippen LogP contribution in [-0.2, 0) is 4.79 Å². The first kappa shape index (κ1) is 17.2. The van der Waals surface area contributed by atoms with Crippen LogP contribution in [0.2, 0.25) is 0 Å². The molecule has 3 aromatic heterocycles. The standard InChI is InChI=1S/C22H17N5O2/c1-13(28)17-14(2)29-22-19(18(17)15-7-4-3-5-8-15)21-25-20(26-27(21)12-24-22)16-9-6-10-23-11-16/h3-12,18H,1-2H3. The van der Waals surface area contributed by atoms with Gasteiger partial charge in [0.25, 0.3) is 0 Å². The number of benzene rings is 1. The number of carbonyl (C=O) groups is 1.